The molecule has 16 heavy (non-hydrogen) atoms. The number of aryl methyl sites for hydroxylation is 1. The number of pyridine rings is 1. The van der Waals surface area contributed by atoms with Crippen LogP contribution >= 0.6 is 11.3 Å². The molecule has 2 aromatic heterocycles. The smallest absolute Gasteiger partial charge is 0.141 e. The number of hydrogen-bond donors (Lipinski definition) is 1. The lowest BCUT2D eigenvalue weighted by atomic mass is 10.3. The molecule has 0 saturated carbocycles. The maximum atomic E-state index is 12.6. The fraction of sp³-hybridized carbons (Fsp3) is 0.273. The highest BCUT2D eigenvalue weighted by atomic mass is 32.1. The molecule has 2 aromatic rings. The molecular weight excluding hydrogens is 225 g/mol. The molecule has 0 aromatic carbocycles. The SMILES string of the molecule is Cc1cnc(C(C)Nc2ccc(F)cn2)s1. The Hall–Kier alpha value is -1.49. The van der Waals surface area contributed by atoms with Crippen molar-refractivity contribution in [1.82, 2.24) is 9.97 Å². The van der Waals surface area contributed by atoms with Crippen molar-refractivity contribution in [2.24, 2.45) is 0 Å². The van der Waals surface area contributed by atoms with Crippen LogP contribution in [0.15, 0.2) is 24.5 Å². The number of anilines is 1. The minimum atomic E-state index is -0.330. The van der Waals surface area contributed by atoms with Crippen LogP contribution in [0.3, 0.4) is 0 Å². The van der Waals surface area contributed by atoms with Gasteiger partial charge in [0.1, 0.15) is 16.6 Å². The van der Waals surface area contributed by atoms with Gasteiger partial charge in [0.2, 0.25) is 0 Å². The summed E-state index contributed by atoms with van der Waals surface area (Å²) >= 11 is 1.64. The van der Waals surface area contributed by atoms with E-state index in [-0.39, 0.29) is 11.9 Å². The molecule has 1 unspecified atom stereocenters. The van der Waals surface area contributed by atoms with Crippen LogP contribution in [0.4, 0.5) is 10.2 Å². The van der Waals surface area contributed by atoms with Gasteiger partial charge in [-0.05, 0) is 26.0 Å². The first-order valence-electron chi connectivity index (χ1n) is 4.95. The molecule has 2 heterocycles. The van der Waals surface area contributed by atoms with Crippen LogP contribution < -0.4 is 5.32 Å². The summed E-state index contributed by atoms with van der Waals surface area (Å²) in [4.78, 5) is 9.40. The lowest BCUT2D eigenvalue weighted by Crippen LogP contribution is -2.07. The zero-order valence-electron chi connectivity index (χ0n) is 9.07. The molecular formula is C11H12FN3S. The fourth-order valence-corrected chi connectivity index (χ4v) is 2.09. The Labute approximate surface area is 97.4 Å². The summed E-state index contributed by atoms with van der Waals surface area (Å²) in [5, 5.41) is 4.17. The highest BCUT2D eigenvalue weighted by molar-refractivity contribution is 7.11. The van der Waals surface area contributed by atoms with E-state index in [0.717, 1.165) is 5.01 Å². The number of hydrogen-bond acceptors (Lipinski definition) is 4. The molecule has 3 nitrogen and oxygen atoms in total. The number of halogens is 1. The van der Waals surface area contributed by atoms with Gasteiger partial charge in [-0.25, -0.2) is 14.4 Å². The molecule has 0 bridgehead atoms. The van der Waals surface area contributed by atoms with Gasteiger partial charge in [-0.15, -0.1) is 11.3 Å². The van der Waals surface area contributed by atoms with E-state index in [0.29, 0.717) is 5.82 Å². The van der Waals surface area contributed by atoms with Crippen molar-refractivity contribution in [2.45, 2.75) is 19.9 Å². The third-order valence-corrected chi connectivity index (χ3v) is 3.20. The second kappa shape index (κ2) is 4.57. The monoisotopic (exact) mass is 237 g/mol. The van der Waals surface area contributed by atoms with Crippen molar-refractivity contribution in [3.05, 3.63) is 40.2 Å². The zero-order chi connectivity index (χ0) is 11.5. The van der Waals surface area contributed by atoms with E-state index >= 15 is 0 Å². The second-order valence-electron chi connectivity index (χ2n) is 3.54. The van der Waals surface area contributed by atoms with Crippen LogP contribution in [0, 0.1) is 12.7 Å². The van der Waals surface area contributed by atoms with Crippen molar-refractivity contribution < 1.29 is 4.39 Å². The van der Waals surface area contributed by atoms with Gasteiger partial charge in [-0.1, -0.05) is 0 Å². The highest BCUT2D eigenvalue weighted by Crippen LogP contribution is 2.22. The zero-order valence-corrected chi connectivity index (χ0v) is 9.88. The summed E-state index contributed by atoms with van der Waals surface area (Å²) < 4.78 is 12.6. The molecule has 0 fully saturated rings. The predicted molar refractivity (Wildman–Crippen MR) is 63.1 cm³/mol. The number of nitrogens with one attached hydrogen (secondary N) is 1. The van der Waals surface area contributed by atoms with Crippen LogP contribution in [0.1, 0.15) is 22.9 Å². The predicted octanol–water partition coefficient (Wildman–Crippen LogP) is 3.16. The summed E-state index contributed by atoms with van der Waals surface area (Å²) in [6.45, 7) is 4.02. The molecule has 1 atom stereocenters. The topological polar surface area (TPSA) is 37.8 Å². The van der Waals surface area contributed by atoms with E-state index in [9.17, 15) is 4.39 Å². The first kappa shape index (κ1) is 11.0. The van der Waals surface area contributed by atoms with E-state index < -0.39 is 0 Å². The summed E-state index contributed by atoms with van der Waals surface area (Å²) in [6.07, 6.45) is 3.04. The Morgan fingerprint density at radius 2 is 2.12 bits per heavy atom. The van der Waals surface area contributed by atoms with E-state index in [1.165, 1.54) is 17.1 Å². The molecule has 1 N–H and O–H groups in total. The van der Waals surface area contributed by atoms with Gasteiger partial charge in [0.05, 0.1) is 12.2 Å². The Kier molecular flexibility index (Phi) is 3.14. The van der Waals surface area contributed by atoms with Gasteiger partial charge in [0.15, 0.2) is 0 Å². The molecule has 2 rings (SSSR count). The van der Waals surface area contributed by atoms with E-state index in [4.69, 9.17) is 0 Å². The maximum Gasteiger partial charge on any atom is 0.141 e. The van der Waals surface area contributed by atoms with Crippen molar-refractivity contribution in [3.8, 4) is 0 Å². The fourth-order valence-electron chi connectivity index (χ4n) is 1.32. The van der Waals surface area contributed by atoms with Gasteiger partial charge in [-0.3, -0.25) is 0 Å². The van der Waals surface area contributed by atoms with E-state index in [1.54, 1.807) is 17.4 Å². The van der Waals surface area contributed by atoms with Gasteiger partial charge in [0.25, 0.3) is 0 Å². The van der Waals surface area contributed by atoms with Crippen molar-refractivity contribution in [2.75, 3.05) is 5.32 Å². The molecule has 0 spiro atoms. The summed E-state index contributed by atoms with van der Waals surface area (Å²) in [6, 6.07) is 3.08. The van der Waals surface area contributed by atoms with Gasteiger partial charge in [0, 0.05) is 11.1 Å². The highest BCUT2D eigenvalue weighted by Gasteiger charge is 2.09. The second-order valence-corrected chi connectivity index (χ2v) is 4.80. The lowest BCUT2D eigenvalue weighted by Gasteiger charge is -2.11. The molecule has 0 saturated heterocycles. The van der Waals surface area contributed by atoms with Gasteiger partial charge < -0.3 is 5.32 Å². The summed E-state index contributed by atoms with van der Waals surface area (Å²) in [5.41, 5.74) is 0. The minimum Gasteiger partial charge on any atom is -0.361 e. The molecule has 0 aliphatic rings. The minimum absolute atomic E-state index is 0.0802. The first-order valence-corrected chi connectivity index (χ1v) is 5.77. The molecule has 0 radical (unpaired) electrons. The molecule has 5 heteroatoms. The van der Waals surface area contributed by atoms with Crippen LogP contribution in [-0.4, -0.2) is 9.97 Å². The molecule has 0 aliphatic heterocycles. The van der Waals surface area contributed by atoms with Gasteiger partial charge in [-0.2, -0.15) is 0 Å². The molecule has 84 valence electrons. The Morgan fingerprint density at radius 1 is 1.31 bits per heavy atom. The molecule has 0 amide bonds. The Bertz CT molecular complexity index is 466. The van der Waals surface area contributed by atoms with Crippen molar-refractivity contribution in [1.29, 1.82) is 0 Å². The summed E-state index contributed by atoms with van der Waals surface area (Å²) in [7, 11) is 0. The van der Waals surface area contributed by atoms with Crippen molar-refractivity contribution in [3.63, 3.8) is 0 Å². The number of nitrogens with zero attached hydrogens (tertiary/aromatic N) is 2. The Morgan fingerprint density at radius 3 is 2.69 bits per heavy atom. The third kappa shape index (κ3) is 2.55. The van der Waals surface area contributed by atoms with E-state index in [1.807, 2.05) is 20.0 Å². The Balaban J connectivity index is 2.07. The largest absolute Gasteiger partial charge is 0.361 e. The summed E-state index contributed by atoms with van der Waals surface area (Å²) in [5.74, 6) is 0.324. The van der Waals surface area contributed by atoms with Crippen LogP contribution in [0.5, 0.6) is 0 Å². The maximum absolute atomic E-state index is 12.6. The van der Waals surface area contributed by atoms with Crippen LogP contribution in [-0.2, 0) is 0 Å². The lowest BCUT2D eigenvalue weighted by molar-refractivity contribution is 0.621. The average Bonchev–Trinajstić information content (AvgIpc) is 2.68. The first-order chi connectivity index (χ1) is 7.65. The van der Waals surface area contributed by atoms with Crippen molar-refractivity contribution >= 4 is 17.2 Å². The molecule has 0 aliphatic carbocycles. The quantitative estimate of drug-likeness (QED) is 0.891. The normalized spacial score (nSPS) is 12.4. The third-order valence-electron chi connectivity index (χ3n) is 2.10. The number of rotatable bonds is 3. The van der Waals surface area contributed by atoms with E-state index in [2.05, 4.69) is 15.3 Å². The standard InChI is InChI=1S/C11H12FN3S/c1-7-5-14-11(16-7)8(2)15-10-4-3-9(12)6-13-10/h3-6,8H,1-2H3,(H,13,15). The average molecular weight is 237 g/mol. The number of thiazole rings is 1. The van der Waals surface area contributed by atoms with Crippen LogP contribution in [0.2, 0.25) is 0 Å². The number of aromatic nitrogens is 2. The van der Waals surface area contributed by atoms with Gasteiger partial charge >= 0.3 is 0 Å². The van der Waals surface area contributed by atoms with Crippen LogP contribution in [0.25, 0.3) is 0 Å².